The van der Waals surface area contributed by atoms with Crippen LogP contribution in [0.15, 0.2) is 30.3 Å². The van der Waals surface area contributed by atoms with E-state index in [-0.39, 0.29) is 5.92 Å². The Balaban J connectivity index is 1.93. The number of ether oxygens (including phenoxy) is 1. The predicted octanol–water partition coefficient (Wildman–Crippen LogP) is 3.94. The molecule has 0 amide bonds. The summed E-state index contributed by atoms with van der Waals surface area (Å²) in [6, 6.07) is 9.66. The molecule has 5 heteroatoms. The highest BCUT2D eigenvalue weighted by Gasteiger charge is 2.17. The topological polar surface area (TPSA) is 44.1 Å². The molecule has 2 rings (SSSR count). The Morgan fingerprint density at radius 2 is 2.05 bits per heavy atom. The quantitative estimate of drug-likeness (QED) is 0.575. The Morgan fingerprint density at radius 1 is 1.33 bits per heavy atom. The highest BCUT2D eigenvalue weighted by atomic mass is 35.5. The number of nitrogens with zero attached hydrogens (tertiary/aromatic N) is 2. The predicted molar refractivity (Wildman–Crippen MR) is 83.3 cm³/mol. The first-order valence-electron chi connectivity index (χ1n) is 7.02. The van der Waals surface area contributed by atoms with Crippen molar-refractivity contribution in [3.63, 3.8) is 0 Å². The van der Waals surface area contributed by atoms with Crippen LogP contribution in [0.5, 0.6) is 5.75 Å². The third-order valence-corrected chi connectivity index (χ3v) is 3.54. The summed E-state index contributed by atoms with van der Waals surface area (Å²) in [5.41, 5.74) is 1.25. The Hall–Kier alpha value is -1.81. The smallest absolute Gasteiger partial charge is 0.155 e. The van der Waals surface area contributed by atoms with Crippen LogP contribution in [0.4, 0.5) is 0 Å². The third kappa shape index (κ3) is 3.85. The van der Waals surface area contributed by atoms with E-state index < -0.39 is 0 Å². The normalized spacial score (nSPS) is 10.9. The van der Waals surface area contributed by atoms with Crippen molar-refractivity contribution in [2.24, 2.45) is 0 Å². The summed E-state index contributed by atoms with van der Waals surface area (Å²) in [6.07, 6.45) is 1.55. The lowest BCUT2D eigenvalue weighted by Gasteiger charge is -2.06. The molecule has 1 aromatic heterocycles. The fraction of sp³-hybridized carbons (Fsp3) is 0.375. The van der Waals surface area contributed by atoms with Crippen molar-refractivity contribution in [1.82, 2.24) is 9.78 Å². The number of hydrogen-bond donors (Lipinski definition) is 0. The number of halogens is 1. The minimum absolute atomic E-state index is 0.171. The van der Waals surface area contributed by atoms with E-state index in [1.807, 2.05) is 44.2 Å². The van der Waals surface area contributed by atoms with Crippen molar-refractivity contribution in [3.8, 4) is 5.75 Å². The highest BCUT2D eigenvalue weighted by Crippen LogP contribution is 2.24. The molecule has 112 valence electrons. The van der Waals surface area contributed by atoms with Gasteiger partial charge in [0.1, 0.15) is 10.9 Å². The van der Waals surface area contributed by atoms with Crippen molar-refractivity contribution in [3.05, 3.63) is 46.7 Å². The van der Waals surface area contributed by atoms with E-state index in [0.717, 1.165) is 24.2 Å². The first kappa shape index (κ1) is 15.6. The number of aromatic nitrogens is 2. The molecule has 0 aliphatic carbocycles. The summed E-state index contributed by atoms with van der Waals surface area (Å²) < 4.78 is 7.30. The molecule has 0 atom stereocenters. The van der Waals surface area contributed by atoms with Gasteiger partial charge in [-0.05, 0) is 18.1 Å². The number of para-hydroxylation sites is 1. The number of carbonyl (C=O) groups is 1. The summed E-state index contributed by atoms with van der Waals surface area (Å²) in [7, 11) is 0. The zero-order valence-electron chi connectivity index (χ0n) is 12.3. The molecule has 0 N–H and O–H groups in total. The van der Waals surface area contributed by atoms with Crippen LogP contribution in [-0.4, -0.2) is 22.7 Å². The van der Waals surface area contributed by atoms with E-state index in [4.69, 9.17) is 16.3 Å². The first-order chi connectivity index (χ1) is 10.1. The number of rotatable bonds is 7. The third-order valence-electron chi connectivity index (χ3n) is 3.14. The molecule has 0 aliphatic heterocycles. The van der Waals surface area contributed by atoms with Gasteiger partial charge in [0.2, 0.25) is 0 Å². The molecule has 0 aliphatic rings. The van der Waals surface area contributed by atoms with E-state index in [1.54, 1.807) is 4.68 Å². The molecule has 0 bridgehead atoms. The van der Waals surface area contributed by atoms with Crippen LogP contribution in [0, 0.1) is 0 Å². The summed E-state index contributed by atoms with van der Waals surface area (Å²) in [5.74, 6) is 1.02. The molecule has 1 aromatic carbocycles. The Morgan fingerprint density at radius 3 is 2.62 bits per heavy atom. The molecule has 0 saturated heterocycles. The number of carbonyl (C=O) groups excluding carboxylic acids is 1. The van der Waals surface area contributed by atoms with Gasteiger partial charge in [0, 0.05) is 13.0 Å². The Kier molecular flexibility index (Phi) is 5.39. The fourth-order valence-electron chi connectivity index (χ4n) is 2.08. The van der Waals surface area contributed by atoms with Crippen molar-refractivity contribution < 1.29 is 9.53 Å². The lowest BCUT2D eigenvalue weighted by atomic mass is 10.1. The summed E-state index contributed by atoms with van der Waals surface area (Å²) in [5, 5.41) is 4.83. The number of benzene rings is 1. The largest absolute Gasteiger partial charge is 0.494 e. The van der Waals surface area contributed by atoms with Crippen LogP contribution >= 0.6 is 11.6 Å². The first-order valence-corrected chi connectivity index (χ1v) is 7.40. The SMILES string of the molecule is CC(C)c1nn(CCCOc2ccccc2)c(Cl)c1C=O. The van der Waals surface area contributed by atoms with Crippen LogP contribution in [0.25, 0.3) is 0 Å². The lowest BCUT2D eigenvalue weighted by Crippen LogP contribution is -2.06. The molecule has 0 fully saturated rings. The van der Waals surface area contributed by atoms with Crippen molar-refractivity contribution in [1.29, 1.82) is 0 Å². The van der Waals surface area contributed by atoms with Crippen LogP contribution in [-0.2, 0) is 6.54 Å². The molecule has 0 radical (unpaired) electrons. The van der Waals surface area contributed by atoms with E-state index >= 15 is 0 Å². The van der Waals surface area contributed by atoms with Crippen molar-refractivity contribution in [2.75, 3.05) is 6.61 Å². The summed E-state index contributed by atoms with van der Waals surface area (Å²) in [6.45, 7) is 5.19. The minimum Gasteiger partial charge on any atom is -0.494 e. The molecule has 0 unspecified atom stereocenters. The molecule has 2 aromatic rings. The molecule has 4 nitrogen and oxygen atoms in total. The average Bonchev–Trinajstić information content (AvgIpc) is 2.81. The van der Waals surface area contributed by atoms with Gasteiger partial charge in [-0.15, -0.1) is 0 Å². The zero-order chi connectivity index (χ0) is 15.2. The van der Waals surface area contributed by atoms with E-state index in [0.29, 0.717) is 23.9 Å². The van der Waals surface area contributed by atoms with Crippen LogP contribution in [0.3, 0.4) is 0 Å². The number of hydrogen-bond acceptors (Lipinski definition) is 3. The number of aryl methyl sites for hydroxylation is 1. The molecule has 1 heterocycles. The average molecular weight is 307 g/mol. The second-order valence-electron chi connectivity index (χ2n) is 5.10. The molecule has 0 saturated carbocycles. The Bertz CT molecular complexity index is 594. The van der Waals surface area contributed by atoms with Crippen molar-refractivity contribution >= 4 is 17.9 Å². The standard InChI is InChI=1S/C16H19ClN2O2/c1-12(2)15-14(11-20)16(17)19(18-15)9-6-10-21-13-7-4-3-5-8-13/h3-5,7-8,11-12H,6,9-10H2,1-2H3. The van der Waals surface area contributed by atoms with Gasteiger partial charge in [0.25, 0.3) is 0 Å². The van der Waals surface area contributed by atoms with Crippen molar-refractivity contribution in [2.45, 2.75) is 32.7 Å². The summed E-state index contributed by atoms with van der Waals surface area (Å²) in [4.78, 5) is 11.1. The van der Waals surface area contributed by atoms with Gasteiger partial charge in [0.15, 0.2) is 6.29 Å². The maximum absolute atomic E-state index is 11.1. The zero-order valence-corrected chi connectivity index (χ0v) is 13.0. The lowest BCUT2D eigenvalue weighted by molar-refractivity contribution is 0.112. The molecule has 21 heavy (non-hydrogen) atoms. The monoisotopic (exact) mass is 306 g/mol. The second-order valence-corrected chi connectivity index (χ2v) is 5.46. The van der Waals surface area contributed by atoms with E-state index in [2.05, 4.69) is 5.10 Å². The molecule has 0 spiro atoms. The van der Waals surface area contributed by atoms with Gasteiger partial charge in [-0.2, -0.15) is 5.10 Å². The van der Waals surface area contributed by atoms with Gasteiger partial charge in [-0.25, -0.2) is 0 Å². The molecular formula is C16H19ClN2O2. The van der Waals surface area contributed by atoms with E-state index in [9.17, 15) is 4.79 Å². The van der Waals surface area contributed by atoms with Gasteiger partial charge in [-0.3, -0.25) is 9.48 Å². The van der Waals surface area contributed by atoms with Gasteiger partial charge in [-0.1, -0.05) is 43.6 Å². The maximum atomic E-state index is 11.1. The fourth-order valence-corrected chi connectivity index (χ4v) is 2.34. The number of aldehydes is 1. The summed E-state index contributed by atoms with van der Waals surface area (Å²) >= 11 is 6.20. The van der Waals surface area contributed by atoms with E-state index in [1.165, 1.54) is 0 Å². The molecular weight excluding hydrogens is 288 g/mol. The maximum Gasteiger partial charge on any atom is 0.155 e. The van der Waals surface area contributed by atoms with Gasteiger partial charge < -0.3 is 4.74 Å². The van der Waals surface area contributed by atoms with Gasteiger partial charge in [0.05, 0.1) is 17.9 Å². The van der Waals surface area contributed by atoms with Gasteiger partial charge >= 0.3 is 0 Å². The van der Waals surface area contributed by atoms with Crippen LogP contribution < -0.4 is 4.74 Å². The highest BCUT2D eigenvalue weighted by molar-refractivity contribution is 6.32. The second kappa shape index (κ2) is 7.27. The van der Waals surface area contributed by atoms with Crippen LogP contribution in [0.1, 0.15) is 42.2 Å². The minimum atomic E-state index is 0.171. The Labute approximate surface area is 129 Å². The van der Waals surface area contributed by atoms with Crippen LogP contribution in [0.2, 0.25) is 5.15 Å².